The second-order valence-corrected chi connectivity index (χ2v) is 3.14. The zero-order valence-electron chi connectivity index (χ0n) is 7.83. The Labute approximate surface area is 85.0 Å². The first-order valence-corrected chi connectivity index (χ1v) is 4.39. The molecule has 1 aromatic carbocycles. The van der Waals surface area contributed by atoms with Crippen molar-refractivity contribution in [3.8, 4) is 5.75 Å². The van der Waals surface area contributed by atoms with Gasteiger partial charge in [0.1, 0.15) is 5.75 Å². The molecule has 0 spiro atoms. The van der Waals surface area contributed by atoms with Crippen molar-refractivity contribution < 1.29 is 23.8 Å². The minimum Gasteiger partial charge on any atom is -0.508 e. The smallest absolute Gasteiger partial charge is 0.303 e. The molecule has 0 fully saturated rings. The third-order valence-corrected chi connectivity index (χ3v) is 1.96. The van der Waals surface area contributed by atoms with Crippen molar-refractivity contribution in [3.63, 3.8) is 0 Å². The predicted octanol–water partition coefficient (Wildman–Crippen LogP) is 2.08. The molecule has 3 nitrogen and oxygen atoms in total. The monoisotopic (exact) mass is 216 g/mol. The van der Waals surface area contributed by atoms with Crippen LogP contribution in [0, 0.1) is 11.6 Å². The van der Waals surface area contributed by atoms with E-state index in [1.807, 2.05) is 0 Å². The Morgan fingerprint density at radius 3 is 2.47 bits per heavy atom. The minimum atomic E-state index is -1.12. The molecule has 0 amide bonds. The Hall–Kier alpha value is -1.65. The number of hydrogen-bond donors (Lipinski definition) is 2. The highest BCUT2D eigenvalue weighted by molar-refractivity contribution is 5.66. The molecule has 0 radical (unpaired) electrons. The molecule has 82 valence electrons. The normalized spacial score (nSPS) is 10.3. The SMILES string of the molecule is O=C(O)CCCc1cc(F)c(F)cc1O. The molecule has 0 aromatic heterocycles. The van der Waals surface area contributed by atoms with Crippen LogP contribution in [0.4, 0.5) is 8.78 Å². The van der Waals surface area contributed by atoms with Crippen molar-refractivity contribution in [3.05, 3.63) is 29.3 Å². The van der Waals surface area contributed by atoms with E-state index in [4.69, 9.17) is 5.11 Å². The van der Waals surface area contributed by atoms with E-state index in [0.29, 0.717) is 6.07 Å². The van der Waals surface area contributed by atoms with Crippen LogP contribution in [0.15, 0.2) is 12.1 Å². The van der Waals surface area contributed by atoms with Crippen molar-refractivity contribution in [2.75, 3.05) is 0 Å². The van der Waals surface area contributed by atoms with Gasteiger partial charge in [-0.15, -0.1) is 0 Å². The lowest BCUT2D eigenvalue weighted by molar-refractivity contribution is -0.137. The number of benzene rings is 1. The third kappa shape index (κ3) is 3.19. The number of aromatic hydroxyl groups is 1. The number of carboxylic acids is 1. The zero-order chi connectivity index (χ0) is 11.4. The van der Waals surface area contributed by atoms with Crippen LogP contribution >= 0.6 is 0 Å². The number of carbonyl (C=O) groups is 1. The number of carboxylic acid groups (broad SMARTS) is 1. The van der Waals surface area contributed by atoms with Crippen LogP contribution in [0.3, 0.4) is 0 Å². The van der Waals surface area contributed by atoms with Gasteiger partial charge in [-0.2, -0.15) is 0 Å². The predicted molar refractivity (Wildman–Crippen MR) is 48.6 cm³/mol. The molecular weight excluding hydrogens is 206 g/mol. The van der Waals surface area contributed by atoms with Gasteiger partial charge in [0.25, 0.3) is 0 Å². The van der Waals surface area contributed by atoms with Crippen molar-refractivity contribution in [1.29, 1.82) is 0 Å². The van der Waals surface area contributed by atoms with E-state index in [2.05, 4.69) is 0 Å². The van der Waals surface area contributed by atoms with Gasteiger partial charge in [-0.3, -0.25) is 4.79 Å². The van der Waals surface area contributed by atoms with Gasteiger partial charge in [-0.25, -0.2) is 8.78 Å². The van der Waals surface area contributed by atoms with Gasteiger partial charge in [-0.1, -0.05) is 0 Å². The molecule has 2 N–H and O–H groups in total. The van der Waals surface area contributed by atoms with E-state index in [-0.39, 0.29) is 30.6 Å². The fourth-order valence-corrected chi connectivity index (χ4v) is 1.21. The molecule has 1 aromatic rings. The van der Waals surface area contributed by atoms with Gasteiger partial charge < -0.3 is 10.2 Å². The largest absolute Gasteiger partial charge is 0.508 e. The average molecular weight is 216 g/mol. The number of halogens is 2. The summed E-state index contributed by atoms with van der Waals surface area (Å²) in [4.78, 5) is 10.2. The first-order valence-electron chi connectivity index (χ1n) is 4.39. The first kappa shape index (κ1) is 11.4. The van der Waals surface area contributed by atoms with Crippen LogP contribution in [0.5, 0.6) is 5.75 Å². The maximum absolute atomic E-state index is 12.7. The molecule has 1 rings (SSSR count). The van der Waals surface area contributed by atoms with Gasteiger partial charge in [-0.05, 0) is 24.5 Å². The third-order valence-electron chi connectivity index (χ3n) is 1.96. The minimum absolute atomic E-state index is 0.0710. The summed E-state index contributed by atoms with van der Waals surface area (Å²) in [5.74, 6) is -3.47. The summed E-state index contributed by atoms with van der Waals surface area (Å²) in [5, 5.41) is 17.6. The van der Waals surface area contributed by atoms with Crippen LogP contribution in [-0.2, 0) is 11.2 Å². The highest BCUT2D eigenvalue weighted by Crippen LogP contribution is 2.22. The summed E-state index contributed by atoms with van der Waals surface area (Å²) < 4.78 is 25.3. The lowest BCUT2D eigenvalue weighted by atomic mass is 10.1. The molecule has 0 unspecified atom stereocenters. The van der Waals surface area contributed by atoms with Gasteiger partial charge >= 0.3 is 5.97 Å². The lowest BCUT2D eigenvalue weighted by Crippen LogP contribution is -1.97. The molecule has 0 atom stereocenters. The Balaban J connectivity index is 2.69. The van der Waals surface area contributed by atoms with Gasteiger partial charge in [0.05, 0.1) is 0 Å². The van der Waals surface area contributed by atoms with Crippen LogP contribution in [0.25, 0.3) is 0 Å². The number of hydrogen-bond acceptors (Lipinski definition) is 2. The number of rotatable bonds is 4. The summed E-state index contributed by atoms with van der Waals surface area (Å²) >= 11 is 0. The van der Waals surface area contributed by atoms with Crippen LogP contribution in [0.1, 0.15) is 18.4 Å². The second-order valence-electron chi connectivity index (χ2n) is 3.14. The van der Waals surface area contributed by atoms with Gasteiger partial charge in [0, 0.05) is 12.5 Å². The number of phenols is 1. The van der Waals surface area contributed by atoms with E-state index < -0.39 is 17.6 Å². The molecule has 0 aliphatic carbocycles. The molecule has 0 saturated carbocycles. The number of aryl methyl sites for hydroxylation is 1. The maximum Gasteiger partial charge on any atom is 0.303 e. The Morgan fingerprint density at radius 1 is 1.27 bits per heavy atom. The zero-order valence-corrected chi connectivity index (χ0v) is 7.83. The van der Waals surface area contributed by atoms with E-state index in [1.54, 1.807) is 0 Å². The van der Waals surface area contributed by atoms with E-state index in [9.17, 15) is 18.7 Å². The fourth-order valence-electron chi connectivity index (χ4n) is 1.21. The molecule has 15 heavy (non-hydrogen) atoms. The first-order chi connectivity index (χ1) is 7.00. The van der Waals surface area contributed by atoms with Crippen molar-refractivity contribution in [2.24, 2.45) is 0 Å². The molecule has 0 heterocycles. The summed E-state index contributed by atoms with van der Waals surface area (Å²) in [7, 11) is 0. The molecule has 0 bridgehead atoms. The standard InChI is InChI=1S/C10H10F2O3/c11-7-4-6(2-1-3-10(14)15)9(13)5-8(7)12/h4-5,13H,1-3H2,(H,14,15). The molecule has 0 aliphatic heterocycles. The Morgan fingerprint density at radius 2 is 1.87 bits per heavy atom. The second kappa shape index (κ2) is 4.72. The van der Waals surface area contributed by atoms with Crippen LogP contribution < -0.4 is 0 Å². The maximum atomic E-state index is 12.7. The van der Waals surface area contributed by atoms with Crippen molar-refractivity contribution in [1.82, 2.24) is 0 Å². The summed E-state index contributed by atoms with van der Waals surface area (Å²) in [5.41, 5.74) is 0.218. The van der Waals surface area contributed by atoms with Gasteiger partial charge in [0.2, 0.25) is 0 Å². The summed E-state index contributed by atoms with van der Waals surface area (Å²) in [6.07, 6.45) is 0.404. The molecule has 5 heteroatoms. The fraction of sp³-hybridized carbons (Fsp3) is 0.300. The number of aliphatic carboxylic acids is 1. The van der Waals surface area contributed by atoms with Crippen molar-refractivity contribution >= 4 is 5.97 Å². The Kier molecular flexibility index (Phi) is 3.60. The van der Waals surface area contributed by atoms with E-state index in [1.165, 1.54) is 0 Å². The highest BCUT2D eigenvalue weighted by Gasteiger charge is 2.09. The average Bonchev–Trinajstić information content (AvgIpc) is 2.13. The quantitative estimate of drug-likeness (QED) is 0.810. The van der Waals surface area contributed by atoms with E-state index in [0.717, 1.165) is 6.07 Å². The van der Waals surface area contributed by atoms with Gasteiger partial charge in [0.15, 0.2) is 11.6 Å². The van der Waals surface area contributed by atoms with Crippen LogP contribution in [-0.4, -0.2) is 16.2 Å². The lowest BCUT2D eigenvalue weighted by Gasteiger charge is -2.04. The molecule has 0 aliphatic rings. The molecule has 0 saturated heterocycles. The van der Waals surface area contributed by atoms with E-state index >= 15 is 0 Å². The topological polar surface area (TPSA) is 57.5 Å². The highest BCUT2D eigenvalue weighted by atomic mass is 19.2. The summed E-state index contributed by atoms with van der Waals surface area (Å²) in [6, 6.07) is 1.57. The molecular formula is C10H10F2O3. The summed E-state index contributed by atoms with van der Waals surface area (Å²) in [6.45, 7) is 0. The number of phenolic OH excluding ortho intramolecular Hbond substituents is 1. The van der Waals surface area contributed by atoms with Crippen molar-refractivity contribution in [2.45, 2.75) is 19.3 Å². The Bertz CT molecular complexity index is 377. The van der Waals surface area contributed by atoms with Crippen LogP contribution in [0.2, 0.25) is 0 Å².